The maximum atomic E-state index is 12.6. The molecule has 0 fully saturated rings. The molecule has 0 aromatic heterocycles. The van der Waals surface area contributed by atoms with Gasteiger partial charge in [-0.2, -0.15) is 0 Å². The summed E-state index contributed by atoms with van der Waals surface area (Å²) in [6.07, 6.45) is 0.116. The van der Waals surface area contributed by atoms with Crippen LogP contribution in [0.4, 0.5) is 0 Å². The van der Waals surface area contributed by atoms with Gasteiger partial charge in [-0.15, -0.1) is 0 Å². The third-order valence-electron chi connectivity index (χ3n) is 3.84. The minimum absolute atomic E-state index is 0.0596. The van der Waals surface area contributed by atoms with E-state index in [1.54, 1.807) is 6.07 Å². The van der Waals surface area contributed by atoms with Gasteiger partial charge in [0.15, 0.2) is 0 Å². The first-order valence-corrected chi connectivity index (χ1v) is 8.74. The van der Waals surface area contributed by atoms with Crippen molar-refractivity contribution in [1.82, 2.24) is 5.32 Å². The molecule has 0 aliphatic heterocycles. The summed E-state index contributed by atoms with van der Waals surface area (Å²) < 4.78 is 11.3. The molecule has 0 heterocycles. The van der Waals surface area contributed by atoms with Crippen LogP contribution in [0.3, 0.4) is 0 Å². The maximum Gasteiger partial charge on any atom is 0.251 e. The molecular weight excluding hydrogens is 314 g/mol. The molecule has 134 valence electrons. The lowest BCUT2D eigenvalue weighted by atomic mass is 10.1. The number of nitrogens with one attached hydrogen (secondary N) is 1. The molecule has 4 heteroatoms. The van der Waals surface area contributed by atoms with E-state index in [4.69, 9.17) is 9.47 Å². The molecule has 25 heavy (non-hydrogen) atoms. The van der Waals surface area contributed by atoms with Crippen molar-refractivity contribution in [3.8, 4) is 5.75 Å². The van der Waals surface area contributed by atoms with Gasteiger partial charge in [-0.25, -0.2) is 0 Å². The average Bonchev–Trinajstić information content (AvgIpc) is 2.61. The zero-order valence-electron chi connectivity index (χ0n) is 15.4. The minimum Gasteiger partial charge on any atom is -0.494 e. The van der Waals surface area contributed by atoms with Crippen molar-refractivity contribution in [3.05, 3.63) is 65.2 Å². The summed E-state index contributed by atoms with van der Waals surface area (Å²) in [5, 5.41) is 3.04. The summed E-state index contributed by atoms with van der Waals surface area (Å²) in [6.45, 7) is 8.88. The second-order valence-electron chi connectivity index (χ2n) is 6.22. The summed E-state index contributed by atoms with van der Waals surface area (Å²) in [4.78, 5) is 12.6. The molecule has 0 radical (unpaired) electrons. The van der Waals surface area contributed by atoms with Crippen LogP contribution in [0.5, 0.6) is 5.75 Å². The van der Waals surface area contributed by atoms with Gasteiger partial charge in [0, 0.05) is 11.1 Å². The normalized spacial score (nSPS) is 12.0. The maximum absolute atomic E-state index is 12.6. The Hall–Kier alpha value is -2.33. The van der Waals surface area contributed by atoms with Gasteiger partial charge in [-0.3, -0.25) is 4.79 Å². The van der Waals surface area contributed by atoms with E-state index in [9.17, 15) is 4.79 Å². The third-order valence-corrected chi connectivity index (χ3v) is 3.84. The van der Waals surface area contributed by atoms with Gasteiger partial charge >= 0.3 is 0 Å². The van der Waals surface area contributed by atoms with Crippen molar-refractivity contribution in [2.24, 2.45) is 0 Å². The number of hydrogen-bond acceptors (Lipinski definition) is 3. The van der Waals surface area contributed by atoms with Crippen LogP contribution in [0, 0.1) is 0 Å². The predicted molar refractivity (Wildman–Crippen MR) is 99.9 cm³/mol. The Labute approximate surface area is 150 Å². The number of amides is 1. The van der Waals surface area contributed by atoms with Gasteiger partial charge in [-0.05, 0) is 51.5 Å². The van der Waals surface area contributed by atoms with Crippen molar-refractivity contribution < 1.29 is 14.3 Å². The molecule has 2 rings (SSSR count). The summed E-state index contributed by atoms with van der Waals surface area (Å²) in [7, 11) is 0. The van der Waals surface area contributed by atoms with Crippen LogP contribution in [-0.2, 0) is 11.3 Å². The molecule has 0 saturated carbocycles. The Balaban J connectivity index is 2.14. The predicted octanol–water partition coefficient (Wildman–Crippen LogP) is 4.50. The van der Waals surface area contributed by atoms with Crippen molar-refractivity contribution in [1.29, 1.82) is 0 Å². The van der Waals surface area contributed by atoms with Gasteiger partial charge < -0.3 is 14.8 Å². The van der Waals surface area contributed by atoms with Crippen LogP contribution < -0.4 is 10.1 Å². The average molecular weight is 341 g/mol. The molecule has 1 N–H and O–H groups in total. The molecule has 0 unspecified atom stereocenters. The summed E-state index contributed by atoms with van der Waals surface area (Å²) >= 11 is 0. The monoisotopic (exact) mass is 341 g/mol. The van der Waals surface area contributed by atoms with Crippen molar-refractivity contribution in [3.63, 3.8) is 0 Å². The van der Waals surface area contributed by atoms with Gasteiger partial charge in [0.25, 0.3) is 5.91 Å². The minimum atomic E-state index is -0.106. The fourth-order valence-electron chi connectivity index (χ4n) is 2.49. The molecule has 2 aromatic carbocycles. The lowest BCUT2D eigenvalue weighted by molar-refractivity contribution is 0.0641. The Bertz CT molecular complexity index is 683. The van der Waals surface area contributed by atoms with Crippen molar-refractivity contribution in [2.75, 3.05) is 6.61 Å². The number of carbonyl (C=O) groups excluding carboxylic acids is 1. The highest BCUT2D eigenvalue weighted by molar-refractivity contribution is 5.94. The molecule has 4 nitrogen and oxygen atoms in total. The van der Waals surface area contributed by atoms with Crippen molar-refractivity contribution in [2.45, 2.75) is 46.4 Å². The van der Waals surface area contributed by atoms with Crippen LogP contribution in [-0.4, -0.2) is 18.6 Å². The van der Waals surface area contributed by atoms with Gasteiger partial charge in [0.05, 0.1) is 25.4 Å². The summed E-state index contributed by atoms with van der Waals surface area (Å²) in [5.41, 5.74) is 2.56. The number of ether oxygens (including phenoxy) is 2. The number of carbonyl (C=O) groups is 1. The van der Waals surface area contributed by atoms with Crippen LogP contribution in [0.2, 0.25) is 0 Å². The standard InChI is InChI=1S/C21H27NO3/c1-5-24-20-12-11-18(13-19(20)14-25-15(2)3)21(23)22-16(4)17-9-7-6-8-10-17/h6-13,15-16H,5,14H2,1-4H3,(H,22,23)/t16-/m1/s1. The first-order valence-electron chi connectivity index (χ1n) is 8.74. The zero-order valence-corrected chi connectivity index (χ0v) is 15.4. The lowest BCUT2D eigenvalue weighted by Gasteiger charge is -2.16. The van der Waals surface area contributed by atoms with Crippen molar-refractivity contribution >= 4 is 5.91 Å². The highest BCUT2D eigenvalue weighted by atomic mass is 16.5. The highest BCUT2D eigenvalue weighted by Crippen LogP contribution is 2.22. The first-order chi connectivity index (χ1) is 12.0. The molecule has 1 atom stereocenters. The quantitative estimate of drug-likeness (QED) is 0.769. The van der Waals surface area contributed by atoms with E-state index in [2.05, 4.69) is 5.32 Å². The number of hydrogen-bond donors (Lipinski definition) is 1. The van der Waals surface area contributed by atoms with E-state index in [0.29, 0.717) is 18.8 Å². The van der Waals surface area contributed by atoms with E-state index in [0.717, 1.165) is 16.9 Å². The molecule has 0 bridgehead atoms. The Kier molecular flexibility index (Phi) is 7.02. The van der Waals surface area contributed by atoms with Crippen LogP contribution in [0.15, 0.2) is 48.5 Å². The second-order valence-corrected chi connectivity index (χ2v) is 6.22. The lowest BCUT2D eigenvalue weighted by Crippen LogP contribution is -2.26. The van der Waals surface area contributed by atoms with E-state index in [1.165, 1.54) is 0 Å². The van der Waals surface area contributed by atoms with E-state index in [1.807, 2.05) is 70.2 Å². The fraction of sp³-hybridized carbons (Fsp3) is 0.381. The largest absolute Gasteiger partial charge is 0.494 e. The fourth-order valence-corrected chi connectivity index (χ4v) is 2.49. The number of rotatable bonds is 8. The van der Waals surface area contributed by atoms with Crippen LogP contribution >= 0.6 is 0 Å². The second kappa shape index (κ2) is 9.23. The van der Waals surface area contributed by atoms with E-state index < -0.39 is 0 Å². The molecule has 2 aromatic rings. The highest BCUT2D eigenvalue weighted by Gasteiger charge is 2.14. The smallest absolute Gasteiger partial charge is 0.251 e. The molecule has 0 aliphatic carbocycles. The van der Waals surface area contributed by atoms with Crippen LogP contribution in [0.25, 0.3) is 0 Å². The van der Waals surface area contributed by atoms with E-state index >= 15 is 0 Å². The summed E-state index contributed by atoms with van der Waals surface area (Å²) in [6, 6.07) is 15.3. The molecule has 0 aliphatic rings. The first kappa shape index (κ1) is 19.0. The SMILES string of the molecule is CCOc1ccc(C(=O)N[C@H](C)c2ccccc2)cc1COC(C)C. The van der Waals surface area contributed by atoms with Gasteiger partial charge in [0.2, 0.25) is 0 Å². The molecule has 1 amide bonds. The molecular formula is C21H27NO3. The topological polar surface area (TPSA) is 47.6 Å². The Morgan fingerprint density at radius 3 is 2.44 bits per heavy atom. The third kappa shape index (κ3) is 5.61. The van der Waals surface area contributed by atoms with Crippen LogP contribution in [0.1, 0.15) is 55.2 Å². The summed E-state index contributed by atoms with van der Waals surface area (Å²) in [5.74, 6) is 0.654. The van der Waals surface area contributed by atoms with Gasteiger partial charge in [-0.1, -0.05) is 30.3 Å². The Morgan fingerprint density at radius 1 is 1.08 bits per heavy atom. The van der Waals surface area contributed by atoms with E-state index in [-0.39, 0.29) is 18.1 Å². The molecule has 0 spiro atoms. The number of benzene rings is 2. The van der Waals surface area contributed by atoms with Gasteiger partial charge in [0.1, 0.15) is 5.75 Å². The molecule has 0 saturated heterocycles. The zero-order chi connectivity index (χ0) is 18.2. The Morgan fingerprint density at radius 2 is 1.80 bits per heavy atom.